The van der Waals surface area contributed by atoms with E-state index < -0.39 is 0 Å². The topological polar surface area (TPSA) is 32.5 Å². The molecule has 0 aromatic rings. The fourth-order valence-electron chi connectivity index (χ4n) is 3.65. The van der Waals surface area contributed by atoms with Crippen LogP contribution in [0.1, 0.15) is 39.0 Å². The van der Waals surface area contributed by atoms with Crippen LogP contribution in [0.15, 0.2) is 0 Å². The van der Waals surface area contributed by atoms with Crippen molar-refractivity contribution in [2.75, 3.05) is 39.3 Å². The standard InChI is InChI=1S/C14H29N3/c1-2-13-5-3-4-6-14(13)17-11-9-16(8-7-15)10-12-17/h13-14H,2-12,15H2,1H3. The number of nitrogens with zero attached hydrogens (tertiary/aromatic N) is 2. The lowest BCUT2D eigenvalue weighted by atomic mass is 9.81. The lowest BCUT2D eigenvalue weighted by molar-refractivity contribution is 0.0494. The molecular formula is C14H29N3. The summed E-state index contributed by atoms with van der Waals surface area (Å²) < 4.78 is 0. The van der Waals surface area contributed by atoms with Crippen LogP contribution in [0.5, 0.6) is 0 Å². The molecule has 17 heavy (non-hydrogen) atoms. The Hall–Kier alpha value is -0.120. The van der Waals surface area contributed by atoms with Crippen LogP contribution in [0.2, 0.25) is 0 Å². The van der Waals surface area contributed by atoms with E-state index in [0.717, 1.165) is 25.0 Å². The van der Waals surface area contributed by atoms with Gasteiger partial charge in [0.05, 0.1) is 0 Å². The Morgan fingerprint density at radius 1 is 1.06 bits per heavy atom. The summed E-state index contributed by atoms with van der Waals surface area (Å²) >= 11 is 0. The summed E-state index contributed by atoms with van der Waals surface area (Å²) in [6.07, 6.45) is 7.18. The molecule has 1 saturated carbocycles. The first-order valence-electron chi connectivity index (χ1n) is 7.51. The Morgan fingerprint density at radius 3 is 2.41 bits per heavy atom. The van der Waals surface area contributed by atoms with E-state index in [-0.39, 0.29) is 0 Å². The van der Waals surface area contributed by atoms with E-state index in [1.165, 1.54) is 58.3 Å². The molecule has 2 rings (SSSR count). The summed E-state index contributed by atoms with van der Waals surface area (Å²) in [5.74, 6) is 0.963. The van der Waals surface area contributed by atoms with E-state index in [9.17, 15) is 0 Å². The van der Waals surface area contributed by atoms with Crippen molar-refractivity contribution >= 4 is 0 Å². The molecule has 3 nitrogen and oxygen atoms in total. The van der Waals surface area contributed by atoms with Gasteiger partial charge in [0.1, 0.15) is 0 Å². The summed E-state index contributed by atoms with van der Waals surface area (Å²) in [4.78, 5) is 5.28. The van der Waals surface area contributed by atoms with Gasteiger partial charge in [-0.25, -0.2) is 0 Å². The zero-order valence-corrected chi connectivity index (χ0v) is 11.4. The molecule has 100 valence electrons. The van der Waals surface area contributed by atoms with Gasteiger partial charge in [-0.2, -0.15) is 0 Å². The molecular weight excluding hydrogens is 210 g/mol. The Morgan fingerprint density at radius 2 is 1.76 bits per heavy atom. The molecule has 2 N–H and O–H groups in total. The number of hydrogen-bond donors (Lipinski definition) is 1. The van der Waals surface area contributed by atoms with Crippen molar-refractivity contribution in [3.63, 3.8) is 0 Å². The minimum atomic E-state index is 0.807. The number of piperazine rings is 1. The third-order valence-corrected chi connectivity index (χ3v) is 4.71. The summed E-state index contributed by atoms with van der Waals surface area (Å²) in [6, 6.07) is 0.883. The van der Waals surface area contributed by atoms with Crippen LogP contribution in [0.25, 0.3) is 0 Å². The molecule has 2 unspecified atom stereocenters. The van der Waals surface area contributed by atoms with Gasteiger partial charge < -0.3 is 5.73 Å². The fraction of sp³-hybridized carbons (Fsp3) is 1.00. The maximum absolute atomic E-state index is 5.63. The average molecular weight is 239 g/mol. The quantitative estimate of drug-likeness (QED) is 0.807. The summed E-state index contributed by atoms with van der Waals surface area (Å²) in [6.45, 7) is 9.24. The Kier molecular flexibility index (Phi) is 5.26. The van der Waals surface area contributed by atoms with Crippen molar-refractivity contribution in [2.45, 2.75) is 45.1 Å². The number of hydrogen-bond acceptors (Lipinski definition) is 3. The van der Waals surface area contributed by atoms with E-state index in [2.05, 4.69) is 16.7 Å². The third-order valence-electron chi connectivity index (χ3n) is 4.71. The first-order chi connectivity index (χ1) is 8.35. The van der Waals surface area contributed by atoms with E-state index in [4.69, 9.17) is 5.73 Å². The normalized spacial score (nSPS) is 32.8. The SMILES string of the molecule is CCC1CCCCC1N1CCN(CCN)CC1. The van der Waals surface area contributed by atoms with E-state index >= 15 is 0 Å². The van der Waals surface area contributed by atoms with Gasteiger partial charge in [-0.3, -0.25) is 9.80 Å². The van der Waals surface area contributed by atoms with Crippen molar-refractivity contribution in [1.82, 2.24) is 9.80 Å². The number of rotatable bonds is 4. The Bertz CT molecular complexity index is 212. The van der Waals surface area contributed by atoms with Crippen LogP contribution >= 0.6 is 0 Å². The van der Waals surface area contributed by atoms with Crippen LogP contribution in [-0.2, 0) is 0 Å². The molecule has 0 aromatic heterocycles. The monoisotopic (exact) mass is 239 g/mol. The zero-order chi connectivity index (χ0) is 12.1. The van der Waals surface area contributed by atoms with Gasteiger partial charge in [-0.15, -0.1) is 0 Å². The van der Waals surface area contributed by atoms with E-state index in [1.54, 1.807) is 0 Å². The van der Waals surface area contributed by atoms with Crippen LogP contribution < -0.4 is 5.73 Å². The highest BCUT2D eigenvalue weighted by Gasteiger charge is 2.30. The molecule has 0 spiro atoms. The summed E-state index contributed by atoms with van der Waals surface area (Å²) in [7, 11) is 0. The predicted molar refractivity (Wildman–Crippen MR) is 73.1 cm³/mol. The second kappa shape index (κ2) is 6.72. The van der Waals surface area contributed by atoms with Gasteiger partial charge in [0.2, 0.25) is 0 Å². The minimum Gasteiger partial charge on any atom is -0.329 e. The van der Waals surface area contributed by atoms with Crippen LogP contribution in [0.3, 0.4) is 0 Å². The fourth-order valence-corrected chi connectivity index (χ4v) is 3.65. The van der Waals surface area contributed by atoms with Gasteiger partial charge in [0, 0.05) is 45.3 Å². The van der Waals surface area contributed by atoms with Crippen molar-refractivity contribution in [2.24, 2.45) is 11.7 Å². The second-order valence-electron chi connectivity index (χ2n) is 5.69. The smallest absolute Gasteiger partial charge is 0.0124 e. The average Bonchev–Trinajstić information content (AvgIpc) is 2.40. The highest BCUT2D eigenvalue weighted by molar-refractivity contribution is 4.85. The van der Waals surface area contributed by atoms with Crippen molar-refractivity contribution in [3.05, 3.63) is 0 Å². The third kappa shape index (κ3) is 3.43. The zero-order valence-electron chi connectivity index (χ0n) is 11.4. The summed E-state index contributed by atoms with van der Waals surface area (Å²) in [5, 5.41) is 0. The first kappa shape index (κ1) is 13.3. The molecule has 1 aliphatic heterocycles. The second-order valence-corrected chi connectivity index (χ2v) is 5.69. The highest BCUT2D eigenvalue weighted by Crippen LogP contribution is 2.31. The van der Waals surface area contributed by atoms with Crippen molar-refractivity contribution in [1.29, 1.82) is 0 Å². The van der Waals surface area contributed by atoms with E-state index in [1.807, 2.05) is 0 Å². The molecule has 2 fully saturated rings. The van der Waals surface area contributed by atoms with Crippen molar-refractivity contribution in [3.8, 4) is 0 Å². The van der Waals surface area contributed by atoms with E-state index in [0.29, 0.717) is 0 Å². The Balaban J connectivity index is 1.82. The molecule has 2 atom stereocenters. The largest absolute Gasteiger partial charge is 0.329 e. The molecule has 3 heteroatoms. The molecule has 0 amide bonds. The lowest BCUT2D eigenvalue weighted by Crippen LogP contribution is -2.53. The first-order valence-corrected chi connectivity index (χ1v) is 7.51. The number of nitrogens with two attached hydrogens (primary N) is 1. The van der Waals surface area contributed by atoms with Crippen LogP contribution in [0, 0.1) is 5.92 Å². The van der Waals surface area contributed by atoms with Gasteiger partial charge in [0.25, 0.3) is 0 Å². The van der Waals surface area contributed by atoms with Crippen LogP contribution in [-0.4, -0.2) is 55.1 Å². The van der Waals surface area contributed by atoms with Crippen LogP contribution in [0.4, 0.5) is 0 Å². The maximum Gasteiger partial charge on any atom is 0.0124 e. The van der Waals surface area contributed by atoms with Gasteiger partial charge in [-0.1, -0.05) is 26.2 Å². The molecule has 1 heterocycles. The predicted octanol–water partition coefficient (Wildman–Crippen LogP) is 1.53. The maximum atomic E-state index is 5.63. The molecule has 2 aliphatic rings. The molecule has 0 bridgehead atoms. The Labute approximate surface area is 106 Å². The summed E-state index contributed by atoms with van der Waals surface area (Å²) in [5.41, 5.74) is 5.63. The highest BCUT2D eigenvalue weighted by atomic mass is 15.3. The minimum absolute atomic E-state index is 0.807. The van der Waals surface area contributed by atoms with Gasteiger partial charge in [0.15, 0.2) is 0 Å². The molecule has 1 saturated heterocycles. The molecule has 1 aliphatic carbocycles. The van der Waals surface area contributed by atoms with Gasteiger partial charge in [-0.05, 0) is 18.8 Å². The van der Waals surface area contributed by atoms with Gasteiger partial charge >= 0.3 is 0 Å². The lowest BCUT2D eigenvalue weighted by Gasteiger charge is -2.44. The van der Waals surface area contributed by atoms with Crippen molar-refractivity contribution < 1.29 is 0 Å². The molecule has 0 radical (unpaired) electrons. The molecule has 0 aromatic carbocycles.